The molecule has 3 heterocycles. The van der Waals surface area contributed by atoms with Gasteiger partial charge in [0, 0.05) is 35.8 Å². The largest absolute Gasteiger partial charge is 0.335 e. The highest BCUT2D eigenvalue weighted by atomic mass is 32.1. The standard InChI is InChI=1S/C22H32N2OS/c1-18-4-5-20(26-18)17-23-14-10-22(11-15-23)8-6-19(7-9-22)16-21(25)24-12-2-3-13-24/h2-5,19H,6-17H2,1H3. The molecular weight excluding hydrogens is 340 g/mol. The van der Waals surface area contributed by atoms with Gasteiger partial charge in [-0.05, 0) is 82.0 Å². The summed E-state index contributed by atoms with van der Waals surface area (Å²) in [6.07, 6.45) is 12.9. The number of hydrogen-bond donors (Lipinski definition) is 0. The highest BCUT2D eigenvalue weighted by Gasteiger charge is 2.38. The Hall–Kier alpha value is -1.13. The first-order chi connectivity index (χ1) is 12.6. The highest BCUT2D eigenvalue weighted by molar-refractivity contribution is 7.11. The summed E-state index contributed by atoms with van der Waals surface area (Å²) >= 11 is 1.94. The molecule has 1 saturated heterocycles. The second-order valence-corrected chi connectivity index (χ2v) is 10.1. The fourth-order valence-electron chi connectivity index (χ4n) is 5.03. The molecule has 2 aliphatic heterocycles. The van der Waals surface area contributed by atoms with E-state index in [1.54, 1.807) is 0 Å². The Balaban J connectivity index is 1.21. The Morgan fingerprint density at radius 3 is 2.42 bits per heavy atom. The zero-order valence-electron chi connectivity index (χ0n) is 16.1. The maximum absolute atomic E-state index is 12.4. The topological polar surface area (TPSA) is 23.6 Å². The van der Waals surface area contributed by atoms with E-state index >= 15 is 0 Å². The van der Waals surface area contributed by atoms with Gasteiger partial charge in [-0.3, -0.25) is 9.69 Å². The van der Waals surface area contributed by atoms with Crippen LogP contribution in [0, 0.1) is 18.3 Å². The molecule has 0 atom stereocenters. The molecule has 1 aliphatic carbocycles. The number of amides is 1. The van der Waals surface area contributed by atoms with Crippen molar-refractivity contribution >= 4 is 17.2 Å². The van der Waals surface area contributed by atoms with Gasteiger partial charge in [0.05, 0.1) is 0 Å². The molecule has 0 unspecified atom stereocenters. The smallest absolute Gasteiger partial charge is 0.223 e. The van der Waals surface area contributed by atoms with Gasteiger partial charge in [-0.2, -0.15) is 0 Å². The molecule has 0 aromatic carbocycles. The fraction of sp³-hybridized carbons (Fsp3) is 0.682. The van der Waals surface area contributed by atoms with Gasteiger partial charge >= 0.3 is 0 Å². The summed E-state index contributed by atoms with van der Waals surface area (Å²) in [4.78, 5) is 20.0. The van der Waals surface area contributed by atoms with Crippen molar-refractivity contribution in [2.75, 3.05) is 26.2 Å². The number of likely N-dealkylation sites (tertiary alicyclic amines) is 1. The third-order valence-electron chi connectivity index (χ3n) is 6.89. The van der Waals surface area contributed by atoms with Crippen LogP contribution in [-0.4, -0.2) is 41.9 Å². The summed E-state index contributed by atoms with van der Waals surface area (Å²) in [7, 11) is 0. The average Bonchev–Trinajstić information content (AvgIpc) is 3.31. The first kappa shape index (κ1) is 18.2. The Bertz CT molecular complexity index is 639. The number of aryl methyl sites for hydroxylation is 1. The summed E-state index contributed by atoms with van der Waals surface area (Å²) in [5.74, 6) is 0.998. The molecule has 1 aromatic rings. The summed E-state index contributed by atoms with van der Waals surface area (Å²) < 4.78 is 0. The summed E-state index contributed by atoms with van der Waals surface area (Å²) in [6, 6.07) is 4.54. The van der Waals surface area contributed by atoms with E-state index in [1.807, 2.05) is 16.2 Å². The van der Waals surface area contributed by atoms with E-state index in [-0.39, 0.29) is 0 Å². The van der Waals surface area contributed by atoms with E-state index in [1.165, 1.54) is 61.4 Å². The van der Waals surface area contributed by atoms with Gasteiger partial charge in [0.2, 0.25) is 5.91 Å². The fourth-order valence-corrected chi connectivity index (χ4v) is 5.96. The number of hydrogen-bond acceptors (Lipinski definition) is 3. The molecule has 1 spiro atoms. The monoisotopic (exact) mass is 372 g/mol. The molecule has 0 radical (unpaired) electrons. The first-order valence-electron chi connectivity index (χ1n) is 10.3. The van der Waals surface area contributed by atoms with Gasteiger partial charge in [0.25, 0.3) is 0 Å². The van der Waals surface area contributed by atoms with Crippen LogP contribution in [0.5, 0.6) is 0 Å². The second kappa shape index (κ2) is 7.85. The molecule has 4 heteroatoms. The molecule has 1 aromatic heterocycles. The number of rotatable bonds is 4. The van der Waals surface area contributed by atoms with E-state index in [4.69, 9.17) is 0 Å². The minimum absolute atomic E-state index is 0.372. The minimum atomic E-state index is 0.372. The van der Waals surface area contributed by atoms with Crippen molar-refractivity contribution in [2.24, 2.45) is 11.3 Å². The summed E-state index contributed by atoms with van der Waals surface area (Å²) in [5, 5.41) is 0. The van der Waals surface area contributed by atoms with Crippen LogP contribution in [0.3, 0.4) is 0 Å². The molecule has 1 saturated carbocycles. The summed E-state index contributed by atoms with van der Waals surface area (Å²) in [6.45, 7) is 7.49. The van der Waals surface area contributed by atoms with Crippen LogP contribution in [0.2, 0.25) is 0 Å². The van der Waals surface area contributed by atoms with Crippen LogP contribution in [0.15, 0.2) is 24.3 Å². The van der Waals surface area contributed by atoms with Crippen molar-refractivity contribution in [2.45, 2.75) is 58.4 Å². The zero-order valence-corrected chi connectivity index (χ0v) is 16.9. The molecule has 1 amide bonds. The van der Waals surface area contributed by atoms with Crippen molar-refractivity contribution in [1.82, 2.24) is 9.80 Å². The minimum Gasteiger partial charge on any atom is -0.335 e. The van der Waals surface area contributed by atoms with E-state index in [9.17, 15) is 4.79 Å². The highest BCUT2D eigenvalue weighted by Crippen LogP contribution is 2.47. The van der Waals surface area contributed by atoms with Gasteiger partial charge in [0.15, 0.2) is 0 Å². The molecule has 3 nitrogen and oxygen atoms in total. The molecule has 4 rings (SSSR count). The molecule has 0 N–H and O–H groups in total. The lowest BCUT2D eigenvalue weighted by Gasteiger charge is -2.46. The Labute approximate surface area is 162 Å². The van der Waals surface area contributed by atoms with Crippen molar-refractivity contribution in [3.8, 4) is 0 Å². The number of piperidine rings is 1. The lowest BCUT2D eigenvalue weighted by Crippen LogP contribution is -2.42. The van der Waals surface area contributed by atoms with E-state index in [0.717, 1.165) is 26.1 Å². The van der Waals surface area contributed by atoms with Gasteiger partial charge in [-0.25, -0.2) is 0 Å². The zero-order chi connectivity index (χ0) is 18.0. The number of nitrogens with zero attached hydrogens (tertiary/aromatic N) is 2. The van der Waals surface area contributed by atoms with Crippen LogP contribution >= 0.6 is 11.3 Å². The molecule has 26 heavy (non-hydrogen) atoms. The quantitative estimate of drug-likeness (QED) is 0.720. The predicted molar refractivity (Wildman–Crippen MR) is 108 cm³/mol. The Morgan fingerprint density at radius 2 is 1.81 bits per heavy atom. The predicted octanol–water partition coefficient (Wildman–Crippen LogP) is 4.62. The lowest BCUT2D eigenvalue weighted by molar-refractivity contribution is -0.131. The van der Waals surface area contributed by atoms with E-state index in [2.05, 4.69) is 36.1 Å². The van der Waals surface area contributed by atoms with Gasteiger partial charge in [-0.15, -0.1) is 11.3 Å². The normalized spacial score (nSPS) is 23.8. The average molecular weight is 373 g/mol. The van der Waals surface area contributed by atoms with Crippen LogP contribution in [-0.2, 0) is 11.3 Å². The molecular formula is C22H32N2OS. The van der Waals surface area contributed by atoms with Gasteiger partial charge < -0.3 is 4.90 Å². The van der Waals surface area contributed by atoms with Crippen LogP contribution in [0.4, 0.5) is 0 Å². The molecule has 2 fully saturated rings. The van der Waals surface area contributed by atoms with Gasteiger partial charge in [0.1, 0.15) is 0 Å². The Kier molecular flexibility index (Phi) is 5.51. The molecule has 142 valence electrons. The van der Waals surface area contributed by atoms with Crippen molar-refractivity contribution in [1.29, 1.82) is 0 Å². The first-order valence-corrected chi connectivity index (χ1v) is 11.1. The molecule has 3 aliphatic rings. The maximum Gasteiger partial charge on any atom is 0.223 e. The van der Waals surface area contributed by atoms with Crippen LogP contribution in [0.1, 0.15) is 54.7 Å². The van der Waals surface area contributed by atoms with Gasteiger partial charge in [-0.1, -0.05) is 12.2 Å². The van der Waals surface area contributed by atoms with Crippen molar-refractivity contribution in [3.63, 3.8) is 0 Å². The van der Waals surface area contributed by atoms with Crippen LogP contribution in [0.25, 0.3) is 0 Å². The van der Waals surface area contributed by atoms with Crippen molar-refractivity contribution in [3.05, 3.63) is 34.0 Å². The Morgan fingerprint density at radius 1 is 1.12 bits per heavy atom. The van der Waals surface area contributed by atoms with Crippen molar-refractivity contribution < 1.29 is 4.79 Å². The summed E-state index contributed by atoms with van der Waals surface area (Å²) in [5.41, 5.74) is 0.580. The maximum atomic E-state index is 12.4. The number of thiophene rings is 1. The second-order valence-electron chi connectivity index (χ2n) is 8.71. The molecule has 0 bridgehead atoms. The van der Waals surface area contributed by atoms with Crippen LogP contribution < -0.4 is 0 Å². The lowest BCUT2D eigenvalue weighted by atomic mass is 9.65. The van der Waals surface area contributed by atoms with E-state index in [0.29, 0.717) is 17.2 Å². The number of carbonyl (C=O) groups excluding carboxylic acids is 1. The third-order valence-corrected chi connectivity index (χ3v) is 7.88. The third kappa shape index (κ3) is 4.23. The number of carbonyl (C=O) groups is 1. The SMILES string of the molecule is Cc1ccc(CN2CCC3(CCC(CC(=O)N4CC=CC4)CC3)CC2)s1. The van der Waals surface area contributed by atoms with E-state index < -0.39 is 0 Å².